The first-order valence-electron chi connectivity index (χ1n) is 4.24. The number of carbonyl (C=O) groups excluding carboxylic acids is 1. The Kier molecular flexibility index (Phi) is 1.89. The molecule has 1 aromatic heterocycles. The number of hydrogen-bond donors (Lipinski definition) is 0. The van der Waals surface area contributed by atoms with Crippen LogP contribution in [0, 0.1) is 5.92 Å². The Bertz CT molecular complexity index is 278. The second-order valence-electron chi connectivity index (χ2n) is 3.28. The summed E-state index contributed by atoms with van der Waals surface area (Å²) in [5.74, 6) is 0.756. The fourth-order valence-electron chi connectivity index (χ4n) is 1.40. The number of aromatic nitrogens is 3. The maximum absolute atomic E-state index is 10.3. The van der Waals surface area contributed by atoms with Crippen molar-refractivity contribution in [3.63, 3.8) is 0 Å². The molecule has 1 aromatic rings. The van der Waals surface area contributed by atoms with Gasteiger partial charge in [0.1, 0.15) is 5.69 Å². The summed E-state index contributed by atoms with van der Waals surface area (Å²) >= 11 is 0. The van der Waals surface area contributed by atoms with E-state index in [-0.39, 0.29) is 0 Å². The first-order valence-corrected chi connectivity index (χ1v) is 4.24. The van der Waals surface area contributed by atoms with Crippen LogP contribution in [0.3, 0.4) is 0 Å². The lowest BCUT2D eigenvalue weighted by atomic mass is 9.85. The number of rotatable bonds is 3. The van der Waals surface area contributed by atoms with Crippen molar-refractivity contribution >= 4 is 6.29 Å². The van der Waals surface area contributed by atoms with E-state index in [1.807, 2.05) is 0 Å². The quantitative estimate of drug-likeness (QED) is 0.625. The lowest BCUT2D eigenvalue weighted by Crippen LogP contribution is -2.18. The molecule has 1 fully saturated rings. The van der Waals surface area contributed by atoms with Crippen molar-refractivity contribution in [3.8, 4) is 0 Å². The first kappa shape index (κ1) is 7.46. The average Bonchev–Trinajstić information content (AvgIpc) is 2.44. The third-order valence-electron chi connectivity index (χ3n) is 2.35. The van der Waals surface area contributed by atoms with Crippen LogP contribution in [0.2, 0.25) is 0 Å². The smallest absolute Gasteiger partial charge is 0.171 e. The molecule has 0 unspecified atom stereocenters. The van der Waals surface area contributed by atoms with Crippen LogP contribution >= 0.6 is 0 Å². The van der Waals surface area contributed by atoms with Crippen molar-refractivity contribution in [2.45, 2.75) is 25.8 Å². The van der Waals surface area contributed by atoms with E-state index in [4.69, 9.17) is 0 Å². The van der Waals surface area contributed by atoms with E-state index in [0.29, 0.717) is 5.69 Å². The van der Waals surface area contributed by atoms with Crippen LogP contribution in [0.4, 0.5) is 0 Å². The average molecular weight is 165 g/mol. The predicted molar refractivity (Wildman–Crippen MR) is 42.8 cm³/mol. The van der Waals surface area contributed by atoms with Gasteiger partial charge in [-0.2, -0.15) is 0 Å². The Morgan fingerprint density at radius 1 is 1.67 bits per heavy atom. The van der Waals surface area contributed by atoms with E-state index in [0.717, 1.165) is 18.7 Å². The Morgan fingerprint density at radius 2 is 2.50 bits per heavy atom. The summed E-state index contributed by atoms with van der Waals surface area (Å²) in [4.78, 5) is 10.3. The van der Waals surface area contributed by atoms with Gasteiger partial charge in [-0.3, -0.25) is 9.48 Å². The summed E-state index contributed by atoms with van der Waals surface area (Å²) in [6, 6.07) is 0. The van der Waals surface area contributed by atoms with E-state index >= 15 is 0 Å². The molecule has 64 valence electrons. The summed E-state index contributed by atoms with van der Waals surface area (Å²) in [5, 5.41) is 7.54. The van der Waals surface area contributed by atoms with Gasteiger partial charge in [0.05, 0.1) is 6.20 Å². The molecule has 4 heteroatoms. The molecule has 0 aromatic carbocycles. The lowest BCUT2D eigenvalue weighted by molar-refractivity contribution is 0.111. The second kappa shape index (κ2) is 3.05. The maximum atomic E-state index is 10.3. The zero-order chi connectivity index (χ0) is 8.39. The second-order valence-corrected chi connectivity index (χ2v) is 3.28. The summed E-state index contributed by atoms with van der Waals surface area (Å²) in [5.41, 5.74) is 0.425. The van der Waals surface area contributed by atoms with Crippen molar-refractivity contribution in [1.29, 1.82) is 0 Å². The molecule has 1 heterocycles. The summed E-state index contributed by atoms with van der Waals surface area (Å²) < 4.78 is 1.76. The van der Waals surface area contributed by atoms with E-state index in [9.17, 15) is 4.79 Å². The molecule has 1 aliphatic carbocycles. The van der Waals surface area contributed by atoms with Gasteiger partial charge >= 0.3 is 0 Å². The molecular formula is C8H11N3O. The van der Waals surface area contributed by atoms with Crippen LogP contribution in [-0.2, 0) is 6.54 Å². The monoisotopic (exact) mass is 165 g/mol. The molecule has 2 rings (SSSR count). The van der Waals surface area contributed by atoms with Gasteiger partial charge in [0.25, 0.3) is 0 Å². The number of hydrogen-bond acceptors (Lipinski definition) is 3. The van der Waals surface area contributed by atoms with Crippen LogP contribution in [0.15, 0.2) is 6.20 Å². The molecule has 1 saturated carbocycles. The van der Waals surface area contributed by atoms with Crippen molar-refractivity contribution in [2.24, 2.45) is 5.92 Å². The molecule has 12 heavy (non-hydrogen) atoms. The van der Waals surface area contributed by atoms with Gasteiger partial charge in [-0.15, -0.1) is 5.10 Å². The first-order chi connectivity index (χ1) is 5.88. The minimum Gasteiger partial charge on any atom is -0.296 e. The van der Waals surface area contributed by atoms with Crippen molar-refractivity contribution in [2.75, 3.05) is 0 Å². The van der Waals surface area contributed by atoms with E-state index in [2.05, 4.69) is 10.3 Å². The van der Waals surface area contributed by atoms with Crippen LogP contribution in [0.25, 0.3) is 0 Å². The van der Waals surface area contributed by atoms with Gasteiger partial charge < -0.3 is 0 Å². The summed E-state index contributed by atoms with van der Waals surface area (Å²) in [7, 11) is 0. The number of nitrogens with zero attached hydrogens (tertiary/aromatic N) is 3. The number of aldehydes is 1. The van der Waals surface area contributed by atoms with Crippen molar-refractivity contribution in [1.82, 2.24) is 15.0 Å². The third kappa shape index (κ3) is 1.37. The fourth-order valence-corrected chi connectivity index (χ4v) is 1.40. The lowest BCUT2D eigenvalue weighted by Gasteiger charge is -2.24. The molecule has 0 radical (unpaired) electrons. The van der Waals surface area contributed by atoms with Crippen LogP contribution in [0.5, 0.6) is 0 Å². The molecule has 0 bridgehead atoms. The fraction of sp³-hybridized carbons (Fsp3) is 0.625. The normalized spacial score (nSPS) is 17.3. The largest absolute Gasteiger partial charge is 0.296 e. The zero-order valence-corrected chi connectivity index (χ0v) is 6.81. The minimum absolute atomic E-state index is 0.425. The van der Waals surface area contributed by atoms with Crippen LogP contribution in [0.1, 0.15) is 29.8 Å². The molecule has 0 N–H and O–H groups in total. The Morgan fingerprint density at radius 3 is 3.00 bits per heavy atom. The minimum atomic E-state index is 0.425. The molecule has 0 saturated heterocycles. The highest BCUT2D eigenvalue weighted by Crippen LogP contribution is 2.27. The topological polar surface area (TPSA) is 47.8 Å². The van der Waals surface area contributed by atoms with Gasteiger partial charge in [0, 0.05) is 6.54 Å². The highest BCUT2D eigenvalue weighted by Gasteiger charge is 2.18. The molecule has 0 atom stereocenters. The van der Waals surface area contributed by atoms with Gasteiger partial charge in [0.2, 0.25) is 0 Å². The summed E-state index contributed by atoms with van der Waals surface area (Å²) in [6.45, 7) is 0.918. The van der Waals surface area contributed by atoms with Crippen LogP contribution < -0.4 is 0 Å². The standard InChI is InChI=1S/C8H11N3O/c12-6-8-5-11(10-9-8)4-7-2-1-3-7/h5-7H,1-4H2. The van der Waals surface area contributed by atoms with E-state index in [1.54, 1.807) is 10.9 Å². The molecular weight excluding hydrogens is 154 g/mol. The van der Waals surface area contributed by atoms with E-state index < -0.39 is 0 Å². The van der Waals surface area contributed by atoms with Gasteiger partial charge in [-0.05, 0) is 18.8 Å². The highest BCUT2D eigenvalue weighted by molar-refractivity contribution is 5.70. The van der Waals surface area contributed by atoms with Crippen molar-refractivity contribution < 1.29 is 4.79 Å². The third-order valence-corrected chi connectivity index (χ3v) is 2.35. The predicted octanol–water partition coefficient (Wildman–Crippen LogP) is 0.891. The van der Waals surface area contributed by atoms with Crippen molar-refractivity contribution in [3.05, 3.63) is 11.9 Å². The molecule has 0 aliphatic heterocycles. The molecule has 0 spiro atoms. The Balaban J connectivity index is 1.97. The SMILES string of the molecule is O=Cc1cn(CC2CCC2)nn1. The number of carbonyl (C=O) groups is 1. The van der Waals surface area contributed by atoms with Gasteiger partial charge in [-0.25, -0.2) is 0 Å². The molecule has 4 nitrogen and oxygen atoms in total. The Labute approximate surface area is 70.6 Å². The highest BCUT2D eigenvalue weighted by atomic mass is 16.1. The summed E-state index contributed by atoms with van der Waals surface area (Å²) in [6.07, 6.45) is 6.34. The maximum Gasteiger partial charge on any atom is 0.171 e. The molecule has 0 amide bonds. The molecule has 1 aliphatic rings. The van der Waals surface area contributed by atoms with Gasteiger partial charge in [-0.1, -0.05) is 11.6 Å². The van der Waals surface area contributed by atoms with Gasteiger partial charge in [0.15, 0.2) is 6.29 Å². The van der Waals surface area contributed by atoms with E-state index in [1.165, 1.54) is 19.3 Å². The zero-order valence-electron chi connectivity index (χ0n) is 6.81. The van der Waals surface area contributed by atoms with Crippen LogP contribution in [-0.4, -0.2) is 21.3 Å². The Hall–Kier alpha value is -1.19.